The number of anilines is 1. The Hall–Kier alpha value is -3.08. The van der Waals surface area contributed by atoms with Gasteiger partial charge in [-0.2, -0.15) is 0 Å². The molecular formula is C19H19NO4. The van der Waals surface area contributed by atoms with Crippen LogP contribution in [0.3, 0.4) is 0 Å². The van der Waals surface area contributed by atoms with Gasteiger partial charge in [0.1, 0.15) is 5.75 Å². The molecule has 0 aliphatic rings. The third-order valence-electron chi connectivity index (χ3n) is 3.40. The highest BCUT2D eigenvalue weighted by atomic mass is 16.5. The Kier molecular flexibility index (Phi) is 6.14. The van der Waals surface area contributed by atoms with Crippen molar-refractivity contribution in [3.05, 3.63) is 65.7 Å². The fraction of sp³-hybridized carbons (Fsp3) is 0.158. The summed E-state index contributed by atoms with van der Waals surface area (Å²) >= 11 is 0. The number of methoxy groups -OCH3 is 1. The summed E-state index contributed by atoms with van der Waals surface area (Å²) in [6.07, 6.45) is 3.51. The molecule has 0 radical (unpaired) electrons. The van der Waals surface area contributed by atoms with Gasteiger partial charge in [0.2, 0.25) is 5.91 Å². The van der Waals surface area contributed by atoms with Crippen LogP contribution in [0.4, 0.5) is 5.69 Å². The van der Waals surface area contributed by atoms with E-state index in [0.717, 1.165) is 16.9 Å². The van der Waals surface area contributed by atoms with Gasteiger partial charge in [-0.1, -0.05) is 30.3 Å². The van der Waals surface area contributed by atoms with Crippen LogP contribution in [0.25, 0.3) is 6.08 Å². The van der Waals surface area contributed by atoms with Crippen LogP contribution in [-0.4, -0.2) is 24.1 Å². The SMILES string of the molecule is COc1cccc(C=CC(=O)Nc2ccccc2CCC(=O)O)c1. The quantitative estimate of drug-likeness (QED) is 0.765. The van der Waals surface area contributed by atoms with E-state index < -0.39 is 5.97 Å². The van der Waals surface area contributed by atoms with Crippen molar-refractivity contribution in [2.24, 2.45) is 0 Å². The number of aryl methyl sites for hydroxylation is 1. The first kappa shape index (κ1) is 17.3. The van der Waals surface area contributed by atoms with E-state index in [9.17, 15) is 9.59 Å². The fourth-order valence-electron chi connectivity index (χ4n) is 2.19. The second kappa shape index (κ2) is 8.53. The molecular weight excluding hydrogens is 306 g/mol. The molecule has 5 heteroatoms. The molecule has 0 fully saturated rings. The van der Waals surface area contributed by atoms with Crippen molar-refractivity contribution in [1.29, 1.82) is 0 Å². The minimum Gasteiger partial charge on any atom is -0.497 e. The normalized spacial score (nSPS) is 10.5. The third-order valence-corrected chi connectivity index (χ3v) is 3.40. The molecule has 0 spiro atoms. The lowest BCUT2D eigenvalue weighted by atomic mass is 10.1. The molecule has 124 valence electrons. The number of carbonyl (C=O) groups is 2. The molecule has 0 heterocycles. The fourth-order valence-corrected chi connectivity index (χ4v) is 2.19. The highest BCUT2D eigenvalue weighted by Gasteiger charge is 2.06. The Balaban J connectivity index is 2.04. The van der Waals surface area contributed by atoms with E-state index >= 15 is 0 Å². The van der Waals surface area contributed by atoms with Crippen molar-refractivity contribution in [1.82, 2.24) is 0 Å². The van der Waals surface area contributed by atoms with E-state index in [4.69, 9.17) is 9.84 Å². The molecule has 0 saturated carbocycles. The van der Waals surface area contributed by atoms with Crippen molar-refractivity contribution in [2.75, 3.05) is 12.4 Å². The summed E-state index contributed by atoms with van der Waals surface area (Å²) in [6.45, 7) is 0. The number of benzene rings is 2. The Morgan fingerprint density at radius 2 is 1.96 bits per heavy atom. The number of hydrogen-bond donors (Lipinski definition) is 2. The molecule has 0 saturated heterocycles. The smallest absolute Gasteiger partial charge is 0.303 e. The van der Waals surface area contributed by atoms with E-state index in [0.29, 0.717) is 12.1 Å². The number of ether oxygens (including phenoxy) is 1. The first-order valence-corrected chi connectivity index (χ1v) is 7.51. The van der Waals surface area contributed by atoms with E-state index in [2.05, 4.69) is 5.32 Å². The van der Waals surface area contributed by atoms with E-state index in [1.807, 2.05) is 36.4 Å². The van der Waals surface area contributed by atoms with Crippen molar-refractivity contribution in [2.45, 2.75) is 12.8 Å². The molecule has 0 bridgehead atoms. The average molecular weight is 325 g/mol. The summed E-state index contributed by atoms with van der Waals surface area (Å²) in [6, 6.07) is 14.6. The molecule has 2 aromatic rings. The highest BCUT2D eigenvalue weighted by Crippen LogP contribution is 2.17. The van der Waals surface area contributed by atoms with Crippen LogP contribution in [0.1, 0.15) is 17.5 Å². The minimum atomic E-state index is -0.867. The molecule has 2 rings (SSSR count). The molecule has 2 aromatic carbocycles. The number of hydrogen-bond acceptors (Lipinski definition) is 3. The molecule has 0 unspecified atom stereocenters. The number of amides is 1. The van der Waals surface area contributed by atoms with Crippen LogP contribution in [0.5, 0.6) is 5.75 Å². The standard InChI is InChI=1S/C19H19NO4/c1-24-16-7-4-5-14(13-16)9-11-18(21)20-17-8-3-2-6-15(17)10-12-19(22)23/h2-9,11,13H,10,12H2,1H3,(H,20,21)(H,22,23). The number of carbonyl (C=O) groups excluding carboxylic acids is 1. The van der Waals surface area contributed by atoms with Crippen molar-refractivity contribution in [3.8, 4) is 5.75 Å². The number of rotatable bonds is 7. The predicted molar refractivity (Wildman–Crippen MR) is 93.1 cm³/mol. The van der Waals surface area contributed by atoms with E-state index in [1.54, 1.807) is 25.3 Å². The Morgan fingerprint density at radius 1 is 1.17 bits per heavy atom. The van der Waals surface area contributed by atoms with Gasteiger partial charge in [-0.15, -0.1) is 0 Å². The van der Waals surface area contributed by atoms with Gasteiger partial charge >= 0.3 is 5.97 Å². The van der Waals surface area contributed by atoms with Gasteiger partial charge in [-0.3, -0.25) is 9.59 Å². The van der Waals surface area contributed by atoms with Gasteiger partial charge in [0.15, 0.2) is 0 Å². The second-order valence-electron chi connectivity index (χ2n) is 5.15. The zero-order valence-corrected chi connectivity index (χ0v) is 13.4. The van der Waals surface area contributed by atoms with Crippen molar-refractivity contribution in [3.63, 3.8) is 0 Å². The zero-order valence-electron chi connectivity index (χ0n) is 13.4. The summed E-state index contributed by atoms with van der Waals surface area (Å²) in [7, 11) is 1.59. The third kappa shape index (κ3) is 5.28. The van der Waals surface area contributed by atoms with Gasteiger partial charge in [0.25, 0.3) is 0 Å². The molecule has 24 heavy (non-hydrogen) atoms. The van der Waals surface area contributed by atoms with Gasteiger partial charge in [0.05, 0.1) is 7.11 Å². The number of nitrogens with one attached hydrogen (secondary N) is 1. The topological polar surface area (TPSA) is 75.6 Å². The number of carboxylic acid groups (broad SMARTS) is 1. The van der Waals surface area contributed by atoms with Gasteiger partial charge in [0, 0.05) is 18.2 Å². The van der Waals surface area contributed by atoms with Crippen molar-refractivity contribution < 1.29 is 19.4 Å². The summed E-state index contributed by atoms with van der Waals surface area (Å²) in [5, 5.41) is 11.6. The molecule has 0 aliphatic heterocycles. The summed E-state index contributed by atoms with van der Waals surface area (Å²) in [4.78, 5) is 22.8. The Morgan fingerprint density at radius 3 is 2.71 bits per heavy atom. The maximum absolute atomic E-state index is 12.1. The second-order valence-corrected chi connectivity index (χ2v) is 5.15. The Labute approximate surface area is 140 Å². The monoisotopic (exact) mass is 325 g/mol. The lowest BCUT2D eigenvalue weighted by molar-refractivity contribution is -0.136. The summed E-state index contributed by atoms with van der Waals surface area (Å²) < 4.78 is 5.14. The highest BCUT2D eigenvalue weighted by molar-refractivity contribution is 6.02. The van der Waals surface area contributed by atoms with Crippen LogP contribution < -0.4 is 10.1 Å². The number of carboxylic acids is 1. The first-order chi connectivity index (χ1) is 11.6. The number of aliphatic carboxylic acids is 1. The van der Waals surface area contributed by atoms with Crippen LogP contribution in [0.15, 0.2) is 54.6 Å². The molecule has 1 amide bonds. The lowest BCUT2D eigenvalue weighted by Gasteiger charge is -2.08. The minimum absolute atomic E-state index is 0.0204. The largest absolute Gasteiger partial charge is 0.497 e. The molecule has 0 aromatic heterocycles. The van der Waals surface area contributed by atoms with Crippen LogP contribution in [-0.2, 0) is 16.0 Å². The summed E-state index contributed by atoms with van der Waals surface area (Å²) in [5.74, 6) is -0.425. The van der Waals surface area contributed by atoms with E-state index in [1.165, 1.54) is 6.08 Å². The predicted octanol–water partition coefficient (Wildman–Crippen LogP) is 3.36. The number of para-hydroxylation sites is 1. The van der Waals surface area contributed by atoms with Gasteiger partial charge in [-0.25, -0.2) is 0 Å². The average Bonchev–Trinajstić information content (AvgIpc) is 2.59. The summed E-state index contributed by atoms with van der Waals surface area (Å²) in [5.41, 5.74) is 2.27. The van der Waals surface area contributed by atoms with Crippen LogP contribution >= 0.6 is 0 Å². The lowest BCUT2D eigenvalue weighted by Crippen LogP contribution is -2.10. The molecule has 2 N–H and O–H groups in total. The Bertz CT molecular complexity index is 753. The maximum atomic E-state index is 12.1. The van der Waals surface area contributed by atoms with Gasteiger partial charge < -0.3 is 15.2 Å². The van der Waals surface area contributed by atoms with Gasteiger partial charge in [-0.05, 0) is 41.8 Å². The maximum Gasteiger partial charge on any atom is 0.303 e. The zero-order chi connectivity index (χ0) is 17.4. The van der Waals surface area contributed by atoms with E-state index in [-0.39, 0.29) is 12.3 Å². The first-order valence-electron chi connectivity index (χ1n) is 7.51. The van der Waals surface area contributed by atoms with Crippen LogP contribution in [0.2, 0.25) is 0 Å². The molecule has 5 nitrogen and oxygen atoms in total. The van der Waals surface area contributed by atoms with Crippen molar-refractivity contribution >= 4 is 23.6 Å². The molecule has 0 atom stereocenters. The van der Waals surface area contributed by atoms with Crippen LogP contribution in [0, 0.1) is 0 Å². The molecule has 0 aliphatic carbocycles.